The number of ketones is 1. The number of oxime groups is 1. The van der Waals surface area contributed by atoms with E-state index in [1.54, 1.807) is 31.4 Å². The Balaban J connectivity index is 0.000000155. The van der Waals surface area contributed by atoms with E-state index in [2.05, 4.69) is 41.6 Å². The lowest BCUT2D eigenvalue weighted by molar-refractivity contribution is -0.204. The molecular formula is C61H98N2O17S. The van der Waals surface area contributed by atoms with Crippen molar-refractivity contribution in [2.75, 3.05) is 46.8 Å². The van der Waals surface area contributed by atoms with Crippen LogP contribution in [0.2, 0.25) is 0 Å². The zero-order valence-electron chi connectivity index (χ0n) is 49.3. The number of Topliss-reactive ketones (excluding diaryl/α,β-unsaturated/α-hetero) is 1. The van der Waals surface area contributed by atoms with Crippen LogP contribution in [0, 0.1) is 36.5 Å². The summed E-state index contributed by atoms with van der Waals surface area (Å²) in [4.78, 5) is 10.9. The highest BCUT2D eigenvalue weighted by molar-refractivity contribution is 7.90. The van der Waals surface area contributed by atoms with Crippen LogP contribution in [0.15, 0.2) is 62.7 Å². The summed E-state index contributed by atoms with van der Waals surface area (Å²) in [5, 5.41) is 58.9. The van der Waals surface area contributed by atoms with Gasteiger partial charge >= 0.3 is 0 Å². The van der Waals surface area contributed by atoms with Crippen molar-refractivity contribution in [3.05, 3.63) is 53.8 Å². The minimum Gasteiger partial charge on any atom is -0.501 e. The van der Waals surface area contributed by atoms with Gasteiger partial charge in [-0.05, 0) is 113 Å². The predicted molar refractivity (Wildman–Crippen MR) is 305 cm³/mol. The molecule has 0 bridgehead atoms. The van der Waals surface area contributed by atoms with Crippen LogP contribution in [0.25, 0.3) is 0 Å². The van der Waals surface area contributed by atoms with Crippen molar-refractivity contribution in [1.29, 1.82) is 0 Å². The molecule has 19 nitrogen and oxygen atoms in total. The predicted octanol–water partition coefficient (Wildman–Crippen LogP) is 8.41. The van der Waals surface area contributed by atoms with Crippen molar-refractivity contribution in [3.63, 3.8) is 0 Å². The maximum atomic E-state index is 12.1. The van der Waals surface area contributed by atoms with Gasteiger partial charge in [-0.15, -0.1) is 0 Å². The van der Waals surface area contributed by atoms with Crippen LogP contribution in [0.3, 0.4) is 0 Å². The molecule has 7 aliphatic carbocycles. The Bertz CT molecular complexity index is 2270. The minimum absolute atomic E-state index is 0.207. The Kier molecular flexibility index (Phi) is 26.3. The zero-order chi connectivity index (χ0) is 58.8. The molecule has 4 heterocycles. The summed E-state index contributed by atoms with van der Waals surface area (Å²) in [5.74, 6) is 1.88. The molecule has 12 atom stereocenters. The second-order valence-corrected chi connectivity index (χ2v) is 25.8. The first-order valence-corrected chi connectivity index (χ1v) is 31.4. The standard InChI is InChI=1S/C14H19NO3S.2C9H16O3.C8H12O3.C7H13NO2.C7H12O2.C7H10O/c1-10-3-7-13(8-4-10)19(17,18)15-12-6-5-11(2)14(16)9-12;2*1-7-2-3-9(6-8(7)10)11-4-5-12-9;1-2-8(9-3-4-10-8)5-7-6(1)11-7;1-5-2-3-6(8-10)4-7(5)9;1-5-2-3-6(8)4-7(5)9;1-8-7-5-3-2-4-6-7/h3-4,7-8,11,14,16H,5-6,9H2,1-2H3;2*7-8,10H,2-6H2,1H3;6-7H,1-5H2;5,7,9-10H,2-4H2,1H3;5,7,9H,2-4H2,1H3;2-3,6H,4-5H2,1H3/b;;;;8-6-;;/t11-,14-;7?,8-;7-,8?;;2*5-,7-;/m110.11./s1. The smallest absolute Gasteiger partial charge is 0.282 e. The first-order chi connectivity index (χ1) is 38.6. The van der Waals surface area contributed by atoms with Crippen LogP contribution in [0.4, 0.5) is 0 Å². The second-order valence-electron chi connectivity index (χ2n) is 24.2. The van der Waals surface area contributed by atoms with E-state index in [9.17, 15) is 33.6 Å². The lowest BCUT2D eigenvalue weighted by atomic mass is 9.84. The van der Waals surface area contributed by atoms with Crippen LogP contribution in [0.1, 0.15) is 169 Å². The number of aliphatic hydroxyl groups is 5. The van der Waals surface area contributed by atoms with Gasteiger partial charge in [-0.3, -0.25) is 4.79 Å². The Morgan fingerprint density at radius 2 is 1.00 bits per heavy atom. The molecule has 4 unspecified atom stereocenters. The molecule has 10 fully saturated rings. The number of aryl methyl sites for hydroxylation is 1. The largest absolute Gasteiger partial charge is 0.501 e. The van der Waals surface area contributed by atoms with Gasteiger partial charge in [0.25, 0.3) is 10.0 Å². The third-order valence-electron chi connectivity index (χ3n) is 17.7. The second kappa shape index (κ2) is 31.8. The zero-order valence-corrected chi connectivity index (χ0v) is 50.1. The van der Waals surface area contributed by atoms with Gasteiger partial charge in [0.1, 0.15) is 5.78 Å². The first kappa shape index (κ1) is 66.9. The number of hydrogen-bond acceptors (Lipinski definition) is 18. The van der Waals surface area contributed by atoms with E-state index < -0.39 is 27.7 Å². The van der Waals surface area contributed by atoms with Gasteiger partial charge in [-0.25, -0.2) is 0 Å². The topological polar surface area (TPSA) is 274 Å². The highest BCUT2D eigenvalue weighted by Gasteiger charge is 2.53. The summed E-state index contributed by atoms with van der Waals surface area (Å²) in [5.41, 5.74) is 2.31. The van der Waals surface area contributed by atoms with E-state index in [-0.39, 0.29) is 46.8 Å². The number of aliphatic hydroxyl groups excluding tert-OH is 5. The Morgan fingerprint density at radius 1 is 0.556 bits per heavy atom. The van der Waals surface area contributed by atoms with E-state index in [1.165, 1.54) is 0 Å². The normalized spacial score (nSPS) is 35.1. The van der Waals surface area contributed by atoms with Crippen molar-refractivity contribution in [2.45, 2.75) is 235 Å². The van der Waals surface area contributed by atoms with Gasteiger partial charge in [0.15, 0.2) is 17.4 Å². The van der Waals surface area contributed by atoms with E-state index in [1.807, 2.05) is 27.7 Å². The molecule has 0 radical (unpaired) electrons. The quantitative estimate of drug-likeness (QED) is 0.0717. The molecule has 1 aromatic carbocycles. The maximum absolute atomic E-state index is 12.1. The minimum atomic E-state index is -3.64. The molecule has 1 aromatic rings. The van der Waals surface area contributed by atoms with E-state index in [0.717, 1.165) is 114 Å². The van der Waals surface area contributed by atoms with Gasteiger partial charge in [0, 0.05) is 76.3 Å². The molecular weight excluding hydrogens is 1060 g/mol. The van der Waals surface area contributed by atoms with E-state index in [4.69, 9.17) is 48.2 Å². The summed E-state index contributed by atoms with van der Waals surface area (Å²) in [6.45, 7) is 16.3. The molecule has 3 spiro atoms. The maximum Gasteiger partial charge on any atom is 0.282 e. The number of hydrogen-bond donors (Lipinski definition) is 6. The van der Waals surface area contributed by atoms with Crippen LogP contribution in [-0.4, -0.2) is 163 Å². The highest BCUT2D eigenvalue weighted by atomic mass is 32.2. The van der Waals surface area contributed by atoms with Crippen molar-refractivity contribution in [1.82, 2.24) is 0 Å². The fraction of sp³-hybridized carbons (Fsp3) is 0.787. The highest BCUT2D eigenvalue weighted by Crippen LogP contribution is 2.45. The van der Waals surface area contributed by atoms with E-state index in [0.29, 0.717) is 113 Å². The molecule has 20 heteroatoms. The number of rotatable bonds is 3. The lowest BCUT2D eigenvalue weighted by Gasteiger charge is -2.37. The van der Waals surface area contributed by atoms with Crippen LogP contribution < -0.4 is 0 Å². The molecule has 0 aromatic heterocycles. The number of benzene rings is 1. The molecule has 460 valence electrons. The van der Waals surface area contributed by atoms with Crippen molar-refractivity contribution in [3.8, 4) is 0 Å². The molecule has 4 saturated heterocycles. The SMILES string of the molecule is C1COC2(CCC3OC3C2)O1.CC1CCC2(C[C@H]1O)OCCO2.COC1=CCC=CC1.C[C@@H]1CC/C(=N/O)C[C@H]1O.C[C@@H]1CCC(=O)C[C@H]1O.C[C@H]1CCC2(CC1O)OCCO2.Cc1ccc(S(=O)(=O)N=C2CC[C@@H](C)[C@H](O)C2)cc1. The van der Waals surface area contributed by atoms with Gasteiger partial charge in [-0.2, -0.15) is 12.8 Å². The van der Waals surface area contributed by atoms with Crippen LogP contribution in [0.5, 0.6) is 0 Å². The van der Waals surface area contributed by atoms with Crippen molar-refractivity contribution < 1.29 is 81.8 Å². The van der Waals surface area contributed by atoms with Crippen molar-refractivity contribution in [2.24, 2.45) is 39.1 Å². The molecule has 6 saturated carbocycles. The van der Waals surface area contributed by atoms with Crippen LogP contribution >= 0.6 is 0 Å². The van der Waals surface area contributed by atoms with Gasteiger partial charge in [0.05, 0.1) is 106 Å². The third kappa shape index (κ3) is 21.1. The first-order valence-electron chi connectivity index (χ1n) is 30.0. The van der Waals surface area contributed by atoms with E-state index >= 15 is 0 Å². The molecule has 6 N–H and O–H groups in total. The summed E-state index contributed by atoms with van der Waals surface area (Å²) in [6.07, 6.45) is 21.9. The Labute approximate surface area is 481 Å². The summed E-state index contributed by atoms with van der Waals surface area (Å²) in [6, 6.07) is 6.64. The summed E-state index contributed by atoms with van der Waals surface area (Å²) >= 11 is 0. The lowest BCUT2D eigenvalue weighted by Crippen LogP contribution is -2.42. The Hall–Kier alpha value is -3.22. The number of fused-ring (bicyclic) bond motifs is 1. The number of ether oxygens (including phenoxy) is 8. The number of carbonyl (C=O) groups is 1. The van der Waals surface area contributed by atoms with Gasteiger partial charge in [0.2, 0.25) is 0 Å². The number of allylic oxidation sites excluding steroid dienone is 3. The average Bonchev–Trinajstić information content (AvgIpc) is 3.81. The molecule has 11 aliphatic rings. The fourth-order valence-electron chi connectivity index (χ4n) is 11.4. The molecule has 81 heavy (non-hydrogen) atoms. The Morgan fingerprint density at radius 3 is 1.41 bits per heavy atom. The average molecular weight is 1160 g/mol. The number of epoxide rings is 1. The third-order valence-corrected chi connectivity index (χ3v) is 19.0. The summed E-state index contributed by atoms with van der Waals surface area (Å²) in [7, 11) is -1.93. The summed E-state index contributed by atoms with van der Waals surface area (Å²) < 4.78 is 71.8. The molecule has 12 rings (SSSR count). The molecule has 0 amide bonds. The number of methoxy groups -OCH3 is 1. The monoisotopic (exact) mass is 1160 g/mol. The van der Waals surface area contributed by atoms with Crippen molar-refractivity contribution >= 4 is 27.2 Å². The number of carbonyl (C=O) groups excluding carboxylic acids is 1. The number of nitrogens with zero attached hydrogens (tertiary/aromatic N) is 2. The van der Waals surface area contributed by atoms with Gasteiger partial charge in [-0.1, -0.05) is 69.6 Å². The van der Waals surface area contributed by atoms with Gasteiger partial charge < -0.3 is 68.6 Å². The fourth-order valence-corrected chi connectivity index (χ4v) is 12.5. The molecule has 4 aliphatic heterocycles. The van der Waals surface area contributed by atoms with Crippen LogP contribution in [-0.2, 0) is 52.7 Å². The number of sulfonamides is 1.